The number of hydrogen-bond donors (Lipinski definition) is 1. The third-order valence-corrected chi connectivity index (χ3v) is 5.35. The van der Waals surface area contributed by atoms with Gasteiger partial charge in [0, 0.05) is 61.9 Å². The molecule has 3 aromatic rings. The summed E-state index contributed by atoms with van der Waals surface area (Å²) >= 11 is 0. The second-order valence-electron chi connectivity index (χ2n) is 7.51. The normalized spacial score (nSPS) is 17.1. The van der Waals surface area contributed by atoms with Gasteiger partial charge in [-0.1, -0.05) is 12.1 Å². The zero-order valence-corrected chi connectivity index (χ0v) is 16.6. The van der Waals surface area contributed by atoms with Crippen LogP contribution in [0.4, 0.5) is 4.39 Å². The molecular formula is C23H22FN3O3. The first kappa shape index (κ1) is 20.0. The molecule has 154 valence electrons. The lowest BCUT2D eigenvalue weighted by atomic mass is 10.0. The first-order chi connectivity index (χ1) is 14.4. The topological polar surface area (TPSA) is 73.7 Å². The molecule has 0 bridgehead atoms. The molecule has 2 amide bonds. The van der Waals surface area contributed by atoms with Crippen molar-refractivity contribution in [2.45, 2.75) is 13.0 Å². The van der Waals surface area contributed by atoms with Gasteiger partial charge in [0.1, 0.15) is 5.82 Å². The largest absolute Gasteiger partial charge is 0.389 e. The van der Waals surface area contributed by atoms with Gasteiger partial charge in [-0.05, 0) is 35.9 Å². The van der Waals surface area contributed by atoms with E-state index in [2.05, 4.69) is 4.98 Å². The van der Waals surface area contributed by atoms with Gasteiger partial charge in [-0.25, -0.2) is 4.39 Å². The van der Waals surface area contributed by atoms with E-state index in [0.29, 0.717) is 24.2 Å². The molecule has 1 saturated heterocycles. The number of carbonyl (C=O) groups excluding carboxylic acids is 2. The summed E-state index contributed by atoms with van der Waals surface area (Å²) in [7, 11) is 0. The Morgan fingerprint density at radius 2 is 1.70 bits per heavy atom. The maximum Gasteiger partial charge on any atom is 0.254 e. The standard InChI is InChI=1S/C23H22FN3O3/c1-15(28)26-8-9-27(14-21(29)13-26)23(30)17-4-2-16(3-5-17)19-10-18-6-7-20(24)11-22(18)25-12-19/h2-7,10-12,21,29H,8-9,13-14H2,1H3. The number of β-amino-alcohol motifs (C(OH)–C–C–N with tert-alkyl or cyclic N) is 1. The monoisotopic (exact) mass is 407 g/mol. The lowest BCUT2D eigenvalue weighted by molar-refractivity contribution is -0.129. The average molecular weight is 407 g/mol. The molecule has 7 heteroatoms. The minimum absolute atomic E-state index is 0.112. The van der Waals surface area contributed by atoms with Crippen LogP contribution in [0, 0.1) is 5.82 Å². The molecule has 0 saturated carbocycles. The van der Waals surface area contributed by atoms with Gasteiger partial charge in [-0.3, -0.25) is 14.6 Å². The third-order valence-electron chi connectivity index (χ3n) is 5.35. The summed E-state index contributed by atoms with van der Waals surface area (Å²) in [6.07, 6.45) is 0.910. The smallest absolute Gasteiger partial charge is 0.254 e. The van der Waals surface area contributed by atoms with Crippen molar-refractivity contribution < 1.29 is 19.1 Å². The molecule has 2 aromatic carbocycles. The van der Waals surface area contributed by atoms with Crippen molar-refractivity contribution in [1.82, 2.24) is 14.8 Å². The number of rotatable bonds is 2. The highest BCUT2D eigenvalue weighted by atomic mass is 19.1. The van der Waals surface area contributed by atoms with Gasteiger partial charge in [-0.15, -0.1) is 0 Å². The summed E-state index contributed by atoms with van der Waals surface area (Å²) in [6, 6.07) is 13.6. The van der Waals surface area contributed by atoms with E-state index in [-0.39, 0.29) is 30.7 Å². The first-order valence-corrected chi connectivity index (χ1v) is 9.79. The summed E-state index contributed by atoms with van der Waals surface area (Å²) in [5, 5.41) is 11.0. The van der Waals surface area contributed by atoms with Crippen molar-refractivity contribution in [1.29, 1.82) is 0 Å². The SMILES string of the molecule is CC(=O)N1CCN(C(=O)c2ccc(-c3cnc4cc(F)ccc4c3)cc2)CC(O)C1. The van der Waals surface area contributed by atoms with Gasteiger partial charge in [0.15, 0.2) is 0 Å². The Morgan fingerprint density at radius 3 is 2.43 bits per heavy atom. The molecule has 1 fully saturated rings. The number of nitrogens with zero attached hydrogens (tertiary/aromatic N) is 3. The van der Waals surface area contributed by atoms with Crippen LogP contribution in [0.5, 0.6) is 0 Å². The number of aromatic nitrogens is 1. The molecule has 0 aliphatic carbocycles. The van der Waals surface area contributed by atoms with E-state index in [1.54, 1.807) is 34.2 Å². The van der Waals surface area contributed by atoms with E-state index in [0.717, 1.165) is 16.5 Å². The number of fused-ring (bicyclic) bond motifs is 1. The molecular weight excluding hydrogens is 385 g/mol. The summed E-state index contributed by atoms with van der Waals surface area (Å²) < 4.78 is 13.3. The maximum absolute atomic E-state index is 13.3. The van der Waals surface area contributed by atoms with E-state index in [4.69, 9.17) is 0 Å². The number of aliphatic hydroxyl groups is 1. The van der Waals surface area contributed by atoms with Crippen LogP contribution in [0.25, 0.3) is 22.0 Å². The Kier molecular flexibility index (Phi) is 5.46. The minimum atomic E-state index is -0.770. The maximum atomic E-state index is 13.3. The Hall–Kier alpha value is -3.32. The Labute approximate surface area is 173 Å². The predicted molar refractivity (Wildman–Crippen MR) is 111 cm³/mol. The van der Waals surface area contributed by atoms with Crippen molar-refractivity contribution in [3.05, 3.63) is 66.1 Å². The molecule has 1 aromatic heterocycles. The number of pyridine rings is 1. The third kappa shape index (κ3) is 4.16. The quantitative estimate of drug-likeness (QED) is 0.709. The summed E-state index contributed by atoms with van der Waals surface area (Å²) in [5.74, 6) is -0.617. The summed E-state index contributed by atoms with van der Waals surface area (Å²) in [5.41, 5.74) is 2.86. The predicted octanol–water partition coefficient (Wildman–Crippen LogP) is 2.71. The lowest BCUT2D eigenvalue weighted by Crippen LogP contribution is -2.37. The van der Waals surface area contributed by atoms with Crippen molar-refractivity contribution in [3.63, 3.8) is 0 Å². The van der Waals surface area contributed by atoms with Crippen LogP contribution in [0.2, 0.25) is 0 Å². The Bertz CT molecular complexity index is 1100. The Morgan fingerprint density at radius 1 is 1.00 bits per heavy atom. The number of halogens is 1. The number of aliphatic hydroxyl groups excluding tert-OH is 1. The fraction of sp³-hybridized carbons (Fsp3) is 0.261. The van der Waals surface area contributed by atoms with Crippen molar-refractivity contribution in [2.24, 2.45) is 0 Å². The molecule has 6 nitrogen and oxygen atoms in total. The number of amides is 2. The highest BCUT2D eigenvalue weighted by Crippen LogP contribution is 2.24. The van der Waals surface area contributed by atoms with Gasteiger partial charge in [0.25, 0.3) is 5.91 Å². The van der Waals surface area contributed by atoms with Gasteiger partial charge in [0.2, 0.25) is 5.91 Å². The molecule has 1 aliphatic rings. The summed E-state index contributed by atoms with van der Waals surface area (Å²) in [6.45, 7) is 2.66. The second kappa shape index (κ2) is 8.20. The van der Waals surface area contributed by atoms with E-state index in [1.807, 2.05) is 18.2 Å². The molecule has 0 spiro atoms. The van der Waals surface area contributed by atoms with Crippen molar-refractivity contribution >= 4 is 22.7 Å². The highest BCUT2D eigenvalue weighted by molar-refractivity contribution is 5.95. The molecule has 4 rings (SSSR count). The number of benzene rings is 2. The fourth-order valence-electron chi connectivity index (χ4n) is 3.70. The summed E-state index contributed by atoms with van der Waals surface area (Å²) in [4.78, 5) is 31.9. The molecule has 1 N–H and O–H groups in total. The molecule has 1 unspecified atom stereocenters. The van der Waals surface area contributed by atoms with Crippen LogP contribution in [-0.4, -0.2) is 64.0 Å². The number of hydrogen-bond acceptors (Lipinski definition) is 4. The van der Waals surface area contributed by atoms with Crippen LogP contribution in [-0.2, 0) is 4.79 Å². The average Bonchev–Trinajstić information content (AvgIpc) is 2.95. The van der Waals surface area contributed by atoms with Gasteiger partial charge in [-0.2, -0.15) is 0 Å². The molecule has 1 atom stereocenters. The van der Waals surface area contributed by atoms with Gasteiger partial charge < -0.3 is 14.9 Å². The van der Waals surface area contributed by atoms with Crippen LogP contribution in [0.15, 0.2) is 54.7 Å². The molecule has 1 aliphatic heterocycles. The van der Waals surface area contributed by atoms with E-state index < -0.39 is 6.10 Å². The van der Waals surface area contributed by atoms with Crippen molar-refractivity contribution in [3.8, 4) is 11.1 Å². The fourth-order valence-corrected chi connectivity index (χ4v) is 3.70. The van der Waals surface area contributed by atoms with Crippen LogP contribution >= 0.6 is 0 Å². The van der Waals surface area contributed by atoms with Crippen LogP contribution < -0.4 is 0 Å². The lowest BCUT2D eigenvalue weighted by Gasteiger charge is -2.21. The minimum Gasteiger partial charge on any atom is -0.389 e. The highest BCUT2D eigenvalue weighted by Gasteiger charge is 2.26. The molecule has 30 heavy (non-hydrogen) atoms. The molecule has 0 radical (unpaired) electrons. The van der Waals surface area contributed by atoms with E-state index >= 15 is 0 Å². The van der Waals surface area contributed by atoms with Gasteiger partial charge >= 0.3 is 0 Å². The Balaban J connectivity index is 1.52. The first-order valence-electron chi connectivity index (χ1n) is 9.79. The van der Waals surface area contributed by atoms with Crippen molar-refractivity contribution in [2.75, 3.05) is 26.2 Å². The van der Waals surface area contributed by atoms with E-state index in [1.165, 1.54) is 19.1 Å². The molecule has 2 heterocycles. The van der Waals surface area contributed by atoms with Crippen LogP contribution in [0.3, 0.4) is 0 Å². The number of carbonyl (C=O) groups is 2. The van der Waals surface area contributed by atoms with Crippen LogP contribution in [0.1, 0.15) is 17.3 Å². The zero-order chi connectivity index (χ0) is 21.3. The zero-order valence-electron chi connectivity index (χ0n) is 16.6. The second-order valence-corrected chi connectivity index (χ2v) is 7.51. The van der Waals surface area contributed by atoms with Gasteiger partial charge in [0.05, 0.1) is 11.6 Å². The van der Waals surface area contributed by atoms with E-state index in [9.17, 15) is 19.1 Å².